The number of hydrogen-bond acceptors (Lipinski definition) is 5. The van der Waals surface area contributed by atoms with Crippen molar-refractivity contribution in [2.24, 2.45) is 0 Å². The third kappa shape index (κ3) is 5.39. The summed E-state index contributed by atoms with van der Waals surface area (Å²) in [4.78, 5) is 28.3. The first-order valence-electron chi connectivity index (χ1n) is 8.22. The maximum absolute atomic E-state index is 12.0. The molecule has 0 atom stereocenters. The van der Waals surface area contributed by atoms with Crippen molar-refractivity contribution in [3.05, 3.63) is 75.8 Å². The highest BCUT2D eigenvalue weighted by Gasteiger charge is 2.11. The Morgan fingerprint density at radius 2 is 1.96 bits per heavy atom. The zero-order chi connectivity index (χ0) is 19.2. The van der Waals surface area contributed by atoms with E-state index in [9.17, 15) is 9.59 Å². The summed E-state index contributed by atoms with van der Waals surface area (Å²) in [5.41, 5.74) is 3.09. The van der Waals surface area contributed by atoms with E-state index in [0.29, 0.717) is 16.3 Å². The van der Waals surface area contributed by atoms with Gasteiger partial charge in [-0.1, -0.05) is 41.4 Å². The Morgan fingerprint density at radius 3 is 2.70 bits per heavy atom. The topological polar surface area (TPSA) is 68.3 Å². The molecule has 138 valence electrons. The fraction of sp³-hybridized carbons (Fsp3) is 0.150. The molecule has 1 amide bonds. The maximum atomic E-state index is 12.0. The summed E-state index contributed by atoms with van der Waals surface area (Å²) in [6.45, 7) is 1.77. The summed E-state index contributed by atoms with van der Waals surface area (Å²) in [6.07, 6.45) is 0. The zero-order valence-corrected chi connectivity index (χ0v) is 16.1. The number of nitrogens with zero attached hydrogens (tertiary/aromatic N) is 1. The van der Waals surface area contributed by atoms with Crippen LogP contribution in [-0.4, -0.2) is 23.4 Å². The number of carbonyl (C=O) groups excluding carboxylic acids is 2. The summed E-state index contributed by atoms with van der Waals surface area (Å²) in [6, 6.07) is 14.5. The van der Waals surface area contributed by atoms with Crippen molar-refractivity contribution in [3.63, 3.8) is 0 Å². The average Bonchev–Trinajstić information content (AvgIpc) is 3.14. The zero-order valence-electron chi connectivity index (χ0n) is 14.6. The fourth-order valence-electron chi connectivity index (χ4n) is 2.34. The lowest BCUT2D eigenvalue weighted by Crippen LogP contribution is -2.30. The number of carbonyl (C=O) groups is 2. The number of rotatable bonds is 6. The van der Waals surface area contributed by atoms with Crippen LogP contribution in [-0.2, 0) is 16.1 Å². The highest BCUT2D eigenvalue weighted by Crippen LogP contribution is 2.25. The molecule has 0 bridgehead atoms. The van der Waals surface area contributed by atoms with Crippen molar-refractivity contribution >= 4 is 34.8 Å². The molecule has 3 rings (SSSR count). The molecule has 0 saturated carbocycles. The second-order valence-electron chi connectivity index (χ2n) is 5.86. The van der Waals surface area contributed by atoms with E-state index in [0.717, 1.165) is 16.1 Å². The number of amides is 1. The molecule has 0 aliphatic rings. The van der Waals surface area contributed by atoms with Gasteiger partial charge in [0.25, 0.3) is 5.91 Å². The van der Waals surface area contributed by atoms with E-state index in [1.807, 2.05) is 30.5 Å². The molecular formula is C20H17ClN2O3S. The average molecular weight is 401 g/mol. The van der Waals surface area contributed by atoms with Gasteiger partial charge in [0, 0.05) is 21.5 Å². The number of esters is 1. The van der Waals surface area contributed by atoms with Crippen molar-refractivity contribution < 1.29 is 14.3 Å². The molecule has 1 aromatic heterocycles. The molecule has 0 unspecified atom stereocenters. The highest BCUT2D eigenvalue weighted by atomic mass is 35.5. The standard InChI is InChI=1S/C20H17ClN2O3S/c1-13-3-2-4-15(9-13)19(25)22-10-18(24)26-11-17-12-27-20(23-17)14-5-7-16(21)8-6-14/h2-9,12H,10-11H2,1H3,(H,22,25). The van der Waals surface area contributed by atoms with Crippen LogP contribution in [0, 0.1) is 6.92 Å². The number of aryl methyl sites for hydroxylation is 1. The number of aromatic nitrogens is 1. The van der Waals surface area contributed by atoms with Gasteiger partial charge in [0.05, 0.1) is 5.69 Å². The normalized spacial score (nSPS) is 10.4. The van der Waals surface area contributed by atoms with Gasteiger partial charge in [-0.25, -0.2) is 4.98 Å². The quantitative estimate of drug-likeness (QED) is 0.628. The Kier molecular flexibility index (Phi) is 6.21. The van der Waals surface area contributed by atoms with E-state index in [4.69, 9.17) is 16.3 Å². The molecule has 0 fully saturated rings. The van der Waals surface area contributed by atoms with Gasteiger partial charge in [-0.15, -0.1) is 11.3 Å². The van der Waals surface area contributed by atoms with Gasteiger partial charge < -0.3 is 10.1 Å². The molecule has 5 nitrogen and oxygen atoms in total. The van der Waals surface area contributed by atoms with Gasteiger partial charge >= 0.3 is 5.97 Å². The minimum Gasteiger partial charge on any atom is -0.458 e. The van der Waals surface area contributed by atoms with Crippen LogP contribution in [0.4, 0.5) is 0 Å². The largest absolute Gasteiger partial charge is 0.458 e. The number of ether oxygens (including phenoxy) is 1. The van der Waals surface area contributed by atoms with Crippen LogP contribution in [0.2, 0.25) is 5.02 Å². The van der Waals surface area contributed by atoms with Gasteiger partial charge in [0.2, 0.25) is 0 Å². The number of hydrogen-bond donors (Lipinski definition) is 1. The van der Waals surface area contributed by atoms with Crippen molar-refractivity contribution in [2.75, 3.05) is 6.54 Å². The highest BCUT2D eigenvalue weighted by molar-refractivity contribution is 7.13. The molecule has 27 heavy (non-hydrogen) atoms. The van der Waals surface area contributed by atoms with E-state index in [-0.39, 0.29) is 19.1 Å². The summed E-state index contributed by atoms with van der Waals surface area (Å²) in [7, 11) is 0. The Balaban J connectivity index is 1.48. The van der Waals surface area contributed by atoms with Crippen molar-refractivity contribution in [1.29, 1.82) is 0 Å². The molecule has 0 radical (unpaired) electrons. The van der Waals surface area contributed by atoms with Crippen LogP contribution in [0.25, 0.3) is 10.6 Å². The first kappa shape index (κ1) is 19.1. The molecule has 0 aliphatic heterocycles. The second-order valence-corrected chi connectivity index (χ2v) is 7.16. The maximum Gasteiger partial charge on any atom is 0.325 e. The number of nitrogens with one attached hydrogen (secondary N) is 1. The van der Waals surface area contributed by atoms with E-state index < -0.39 is 5.97 Å². The molecule has 0 spiro atoms. The Labute approximate surface area is 166 Å². The Morgan fingerprint density at radius 1 is 1.19 bits per heavy atom. The van der Waals surface area contributed by atoms with E-state index in [2.05, 4.69) is 10.3 Å². The first-order chi connectivity index (χ1) is 13.0. The van der Waals surface area contributed by atoms with Gasteiger partial charge in [0.15, 0.2) is 0 Å². The molecule has 1 heterocycles. The van der Waals surface area contributed by atoms with Gasteiger partial charge in [-0.05, 0) is 31.2 Å². The monoisotopic (exact) mass is 400 g/mol. The summed E-state index contributed by atoms with van der Waals surface area (Å²) < 4.78 is 5.18. The van der Waals surface area contributed by atoms with Gasteiger partial charge in [0.1, 0.15) is 18.2 Å². The SMILES string of the molecule is Cc1cccc(C(=O)NCC(=O)OCc2csc(-c3ccc(Cl)cc3)n2)c1. The molecule has 3 aromatic rings. The smallest absolute Gasteiger partial charge is 0.325 e. The third-order valence-electron chi connectivity index (χ3n) is 3.70. The van der Waals surface area contributed by atoms with E-state index in [1.54, 1.807) is 30.3 Å². The van der Waals surface area contributed by atoms with Crippen LogP contribution in [0.15, 0.2) is 53.9 Å². The second kappa shape index (κ2) is 8.79. The van der Waals surface area contributed by atoms with Crippen molar-refractivity contribution in [3.8, 4) is 10.6 Å². The molecule has 7 heteroatoms. The van der Waals surface area contributed by atoms with Gasteiger partial charge in [-0.2, -0.15) is 0 Å². The lowest BCUT2D eigenvalue weighted by molar-refractivity contribution is -0.143. The van der Waals surface area contributed by atoms with E-state index in [1.165, 1.54) is 11.3 Å². The van der Waals surface area contributed by atoms with Crippen LogP contribution in [0.5, 0.6) is 0 Å². The van der Waals surface area contributed by atoms with Crippen molar-refractivity contribution in [2.45, 2.75) is 13.5 Å². The lowest BCUT2D eigenvalue weighted by atomic mass is 10.1. The number of halogens is 1. The Hall–Kier alpha value is -2.70. The number of thiazole rings is 1. The third-order valence-corrected chi connectivity index (χ3v) is 4.89. The first-order valence-corrected chi connectivity index (χ1v) is 9.48. The van der Waals surface area contributed by atoms with Crippen molar-refractivity contribution in [1.82, 2.24) is 10.3 Å². The Bertz CT molecular complexity index is 954. The number of benzene rings is 2. The minimum absolute atomic E-state index is 0.0588. The molecule has 1 N–H and O–H groups in total. The summed E-state index contributed by atoms with van der Waals surface area (Å²) in [5, 5.41) is 5.88. The molecule has 0 aliphatic carbocycles. The predicted octanol–water partition coefficient (Wildman–Crippen LogP) is 4.25. The van der Waals surface area contributed by atoms with E-state index >= 15 is 0 Å². The fourth-order valence-corrected chi connectivity index (χ4v) is 3.28. The molecule has 0 saturated heterocycles. The lowest BCUT2D eigenvalue weighted by Gasteiger charge is -2.06. The van der Waals surface area contributed by atoms with Crippen LogP contribution >= 0.6 is 22.9 Å². The predicted molar refractivity (Wildman–Crippen MR) is 106 cm³/mol. The minimum atomic E-state index is -0.517. The summed E-state index contributed by atoms with van der Waals surface area (Å²) in [5.74, 6) is -0.827. The summed E-state index contributed by atoms with van der Waals surface area (Å²) >= 11 is 7.34. The van der Waals surface area contributed by atoms with Crippen LogP contribution < -0.4 is 5.32 Å². The van der Waals surface area contributed by atoms with Crippen LogP contribution in [0.1, 0.15) is 21.6 Å². The van der Waals surface area contributed by atoms with Crippen LogP contribution in [0.3, 0.4) is 0 Å². The molecule has 2 aromatic carbocycles. The molecular weight excluding hydrogens is 384 g/mol. The van der Waals surface area contributed by atoms with Gasteiger partial charge in [-0.3, -0.25) is 9.59 Å².